The number of benzene rings is 26. The zero-order valence-electron chi connectivity index (χ0n) is 82.6. The van der Waals surface area contributed by atoms with Gasteiger partial charge in [0.15, 0.2) is 0 Å². The first kappa shape index (κ1) is 85.0. The molecule has 32 rings (SSSR count). The molecule has 0 saturated heterocycles. The maximum Gasteiger partial charge on any atom is 0.0620 e. The van der Waals surface area contributed by atoms with E-state index < -0.39 is 0 Å². The van der Waals surface area contributed by atoms with Gasteiger partial charge in [-0.05, 0) is 266 Å². The summed E-state index contributed by atoms with van der Waals surface area (Å²) in [4.78, 5) is 0. The van der Waals surface area contributed by atoms with Gasteiger partial charge in [0.1, 0.15) is 0 Å². The first-order chi connectivity index (χ1) is 74.4. The van der Waals surface area contributed by atoms with Crippen molar-refractivity contribution in [3.63, 3.8) is 0 Å². The summed E-state index contributed by atoms with van der Waals surface area (Å²) in [6.07, 6.45) is 0. The second kappa shape index (κ2) is 33.6. The average Bonchev–Trinajstić information content (AvgIpc) is 1.51. The van der Waals surface area contributed by atoms with Crippen molar-refractivity contribution in [2.24, 2.45) is 0 Å². The van der Waals surface area contributed by atoms with Gasteiger partial charge in [-0.2, -0.15) is 0 Å². The largest absolute Gasteiger partial charge is 0.341 e. The quantitative estimate of drug-likeness (QED) is 0.0767. The molecule has 0 spiro atoms. The van der Waals surface area contributed by atoms with Gasteiger partial charge in [0, 0.05) is 145 Å². The molecular formula is C144H94N6. The Morgan fingerprint density at radius 3 is 0.627 bits per heavy atom. The summed E-state index contributed by atoms with van der Waals surface area (Å²) in [7, 11) is 0. The van der Waals surface area contributed by atoms with E-state index in [9.17, 15) is 0 Å². The van der Waals surface area contributed by atoms with E-state index >= 15 is 0 Å². The standard InChI is InChI=1S/C72H50N4.C72H44N2/c1-3-73-61-31-19-17-29-53(61)57-43-51(35-39-63(57)73)75-69(47-25-13-7-14-26-47)67(45-21-9-5-10-22-45)59-41-49-34-38-56-66-50(33-37-55(65(49)66)71(59)75)42-60-68(46-23-11-6-12-24-46)70(48-27-15-8-16-28-48)76(72(56)60)52-36-40-64-58(44-52)54-30-18-20-32-62(54)74(64)4-2;1-5-17-45(18-6-1)67-63-43-55-31-36-62-66-56(32-35-61(65(55)66)71(63)73(69(67)47-21-9-3-10-22-47)59-33-29-53-37-49-25-13-15-27-51(49)39-57(53)41-59)44-64-68(46-19-7-2-8-20-46)70(48-23-11-4-12-24-48)74(72(62)64)60-34-30-54-38-50-26-14-16-28-52(50)40-58(54)42-60/h5-44H,3-4H2,1-2H3;1-44H. The van der Waals surface area contributed by atoms with E-state index in [0.717, 1.165) is 35.8 Å². The lowest BCUT2D eigenvalue weighted by Gasteiger charge is -2.18. The molecule has 6 aromatic heterocycles. The fraction of sp³-hybridized carbons (Fsp3) is 0.0278. The van der Waals surface area contributed by atoms with Crippen LogP contribution in [0.25, 0.3) is 307 Å². The first-order valence-electron chi connectivity index (χ1n) is 52.4. The molecule has 0 fully saturated rings. The van der Waals surface area contributed by atoms with Crippen LogP contribution in [-0.4, -0.2) is 27.4 Å². The van der Waals surface area contributed by atoms with Gasteiger partial charge in [-0.3, -0.25) is 0 Å². The minimum Gasteiger partial charge on any atom is -0.341 e. The van der Waals surface area contributed by atoms with Crippen LogP contribution in [0.5, 0.6) is 0 Å². The van der Waals surface area contributed by atoms with E-state index in [-0.39, 0.29) is 0 Å². The molecular weight excluding hydrogens is 1810 g/mol. The molecule has 150 heavy (non-hydrogen) atoms. The predicted molar refractivity (Wildman–Crippen MR) is 638 cm³/mol. The number of aromatic nitrogens is 6. The molecule has 0 unspecified atom stereocenters. The molecule has 0 atom stereocenters. The lowest BCUT2D eigenvalue weighted by molar-refractivity contribution is 0.827. The van der Waals surface area contributed by atoms with Crippen molar-refractivity contribution in [3.05, 3.63) is 510 Å². The zero-order chi connectivity index (χ0) is 98.6. The van der Waals surface area contributed by atoms with Gasteiger partial charge in [-0.25, -0.2) is 0 Å². The Labute approximate surface area is 864 Å². The van der Waals surface area contributed by atoms with Crippen LogP contribution in [0.1, 0.15) is 13.8 Å². The summed E-state index contributed by atoms with van der Waals surface area (Å²) in [5.74, 6) is 0. The van der Waals surface area contributed by atoms with E-state index in [0.29, 0.717) is 0 Å². The Balaban J connectivity index is 0.000000135. The van der Waals surface area contributed by atoms with Crippen molar-refractivity contribution in [2.75, 3.05) is 0 Å². The molecule has 0 saturated carbocycles. The molecule has 0 aliphatic carbocycles. The highest BCUT2D eigenvalue weighted by Gasteiger charge is 2.34. The Hall–Kier alpha value is -19.4. The topological polar surface area (TPSA) is 29.6 Å². The summed E-state index contributed by atoms with van der Waals surface area (Å²) >= 11 is 0. The van der Waals surface area contributed by atoms with Crippen LogP contribution in [0.2, 0.25) is 0 Å². The Bertz CT molecular complexity index is 10500. The third-order valence-corrected chi connectivity index (χ3v) is 32.5. The summed E-state index contributed by atoms with van der Waals surface area (Å²) < 4.78 is 15.2. The minimum absolute atomic E-state index is 0.897. The van der Waals surface area contributed by atoms with Crippen LogP contribution < -0.4 is 0 Å². The highest BCUT2D eigenvalue weighted by Crippen LogP contribution is 2.57. The fourth-order valence-electron chi connectivity index (χ4n) is 26.2. The molecule has 6 nitrogen and oxygen atoms in total. The maximum absolute atomic E-state index is 2.59. The van der Waals surface area contributed by atoms with Gasteiger partial charge in [-0.15, -0.1) is 0 Å². The average molecular weight is 1910 g/mol. The highest BCUT2D eigenvalue weighted by atomic mass is 15.0. The first-order valence-corrected chi connectivity index (χ1v) is 52.4. The smallest absolute Gasteiger partial charge is 0.0620 e. The number of nitrogens with zero attached hydrogens (tertiary/aromatic N) is 6. The molecule has 0 aliphatic heterocycles. The second-order valence-electron chi connectivity index (χ2n) is 40.5. The second-order valence-corrected chi connectivity index (χ2v) is 40.5. The van der Waals surface area contributed by atoms with E-state index in [2.05, 4.69) is 551 Å². The number of hydrogen-bond acceptors (Lipinski definition) is 0. The molecule has 0 radical (unpaired) electrons. The van der Waals surface area contributed by atoms with Crippen LogP contribution in [0.3, 0.4) is 0 Å². The van der Waals surface area contributed by atoms with Crippen molar-refractivity contribution in [1.29, 1.82) is 0 Å². The van der Waals surface area contributed by atoms with Crippen LogP contribution in [-0.2, 0) is 13.1 Å². The SMILES string of the molecule is CCn1c2ccccc2c2cc(-n3c(-c4ccccc4)c(-c4ccccc4)c4cc5ccc6c7c(ccc(c57)c43)cc3c(-c4ccccc4)c(-c4ccccc4)n(-c4ccc5c(c4)c4ccccc4n5CC)c36)ccc21.c1ccc(-c2c(-c3ccccc3)n(-c3ccc4cc5ccccc5cc4c3)c3c2cc2ccc4c5c(ccc3c25)cc2c(-c3ccccc3)c(-c3ccccc3)n(-c3ccc5cc6ccccc6cc5c3)c24)cc1. The van der Waals surface area contributed by atoms with Crippen molar-refractivity contribution < 1.29 is 0 Å². The van der Waals surface area contributed by atoms with Crippen LogP contribution >= 0.6 is 0 Å². The third-order valence-electron chi connectivity index (χ3n) is 32.5. The summed E-state index contributed by atoms with van der Waals surface area (Å²) in [6.45, 7) is 6.29. The number of hydrogen-bond donors (Lipinski definition) is 0. The minimum atomic E-state index is 0.897. The lowest BCUT2D eigenvalue weighted by Crippen LogP contribution is -2.00. The zero-order valence-corrected chi connectivity index (χ0v) is 82.6. The molecule has 26 aromatic carbocycles. The van der Waals surface area contributed by atoms with Crippen LogP contribution in [0.4, 0.5) is 0 Å². The maximum atomic E-state index is 2.59. The Morgan fingerprint density at radius 2 is 0.353 bits per heavy atom. The van der Waals surface area contributed by atoms with E-state index in [1.165, 1.54) is 284 Å². The van der Waals surface area contributed by atoms with Gasteiger partial charge in [0.05, 0.1) is 44.8 Å². The number of fused-ring (bicyclic) bond motifs is 18. The normalized spacial score (nSPS) is 12.1. The fourth-order valence-corrected chi connectivity index (χ4v) is 26.2. The van der Waals surface area contributed by atoms with Crippen molar-refractivity contribution in [2.45, 2.75) is 26.9 Å². The summed E-state index contributed by atoms with van der Waals surface area (Å²) in [5, 5.41) is 34.8. The number of rotatable bonds is 14. The van der Waals surface area contributed by atoms with Crippen molar-refractivity contribution in [3.8, 4) is 112 Å². The molecule has 700 valence electrons. The highest BCUT2D eigenvalue weighted by molar-refractivity contribution is 6.38. The van der Waals surface area contributed by atoms with Crippen molar-refractivity contribution in [1.82, 2.24) is 27.4 Å². The van der Waals surface area contributed by atoms with E-state index in [1.54, 1.807) is 0 Å². The molecule has 0 bridgehead atoms. The Morgan fingerprint density at radius 1 is 0.140 bits per heavy atom. The third kappa shape index (κ3) is 12.8. The molecule has 0 N–H and O–H groups in total. The predicted octanol–water partition coefficient (Wildman–Crippen LogP) is 39.1. The summed E-state index contributed by atoms with van der Waals surface area (Å²) in [5.41, 5.74) is 33.6. The van der Waals surface area contributed by atoms with E-state index in [4.69, 9.17) is 0 Å². The molecule has 32 aromatic rings. The van der Waals surface area contributed by atoms with E-state index in [1.807, 2.05) is 0 Å². The number of aryl methyl sites for hydroxylation is 2. The van der Waals surface area contributed by atoms with Gasteiger partial charge < -0.3 is 27.4 Å². The summed E-state index contributed by atoms with van der Waals surface area (Å²) in [6, 6.07) is 190. The van der Waals surface area contributed by atoms with Crippen molar-refractivity contribution >= 4 is 195 Å². The number of para-hydroxylation sites is 2. The molecule has 0 aliphatic rings. The molecule has 6 heteroatoms. The molecule has 0 amide bonds. The molecule has 6 heterocycles. The van der Waals surface area contributed by atoms with Gasteiger partial charge in [-0.1, -0.05) is 388 Å². The van der Waals surface area contributed by atoms with Gasteiger partial charge in [0.2, 0.25) is 0 Å². The van der Waals surface area contributed by atoms with Crippen LogP contribution in [0.15, 0.2) is 510 Å². The van der Waals surface area contributed by atoms with Gasteiger partial charge >= 0.3 is 0 Å². The monoisotopic (exact) mass is 1910 g/mol. The van der Waals surface area contributed by atoms with Gasteiger partial charge in [0.25, 0.3) is 0 Å². The Kier molecular flexibility index (Phi) is 19.0. The van der Waals surface area contributed by atoms with Crippen LogP contribution in [0, 0.1) is 0 Å². The lowest BCUT2D eigenvalue weighted by atomic mass is 9.89.